The maximum atomic E-state index is 5.84. The summed E-state index contributed by atoms with van der Waals surface area (Å²) >= 11 is 0. The minimum absolute atomic E-state index is 0.226. The molecular weight excluding hydrogens is 174 g/mol. The van der Waals surface area contributed by atoms with E-state index in [-0.39, 0.29) is 6.04 Å². The molecule has 0 aliphatic heterocycles. The molecule has 76 valence electrons. The van der Waals surface area contributed by atoms with Crippen molar-refractivity contribution in [3.8, 4) is 0 Å². The third-order valence-electron chi connectivity index (χ3n) is 2.47. The van der Waals surface area contributed by atoms with Crippen molar-refractivity contribution in [1.82, 2.24) is 4.98 Å². The van der Waals surface area contributed by atoms with E-state index in [0.29, 0.717) is 6.04 Å². The molecule has 1 aliphatic rings. The predicted molar refractivity (Wildman–Crippen MR) is 58.3 cm³/mol. The Hall–Kier alpha value is -1.09. The fraction of sp³-hybridized carbons (Fsp3) is 0.545. The summed E-state index contributed by atoms with van der Waals surface area (Å²) in [7, 11) is 0. The van der Waals surface area contributed by atoms with Crippen molar-refractivity contribution < 1.29 is 0 Å². The second-order valence-electron chi connectivity index (χ2n) is 4.07. The predicted octanol–water partition coefficient (Wildman–Crippen LogP) is 1.40. The summed E-state index contributed by atoms with van der Waals surface area (Å²) in [6.07, 6.45) is 6.28. The first kappa shape index (κ1) is 9.46. The van der Waals surface area contributed by atoms with Crippen LogP contribution >= 0.6 is 0 Å². The van der Waals surface area contributed by atoms with Crippen LogP contribution in [0.4, 0.5) is 5.69 Å². The normalized spacial score (nSPS) is 17.9. The lowest BCUT2D eigenvalue weighted by Gasteiger charge is -2.26. The van der Waals surface area contributed by atoms with E-state index in [1.54, 1.807) is 0 Å². The van der Waals surface area contributed by atoms with E-state index < -0.39 is 0 Å². The minimum atomic E-state index is 0.226. The molecule has 0 bridgehead atoms. The third kappa shape index (κ3) is 2.23. The quantitative estimate of drug-likeness (QED) is 0.782. The van der Waals surface area contributed by atoms with Crippen molar-refractivity contribution in [2.45, 2.75) is 31.8 Å². The lowest BCUT2D eigenvalue weighted by molar-refractivity contribution is 0.673. The first-order valence-electron chi connectivity index (χ1n) is 5.19. The zero-order valence-electron chi connectivity index (χ0n) is 8.56. The van der Waals surface area contributed by atoms with Crippen molar-refractivity contribution in [3.05, 3.63) is 24.5 Å². The Morgan fingerprint density at radius 1 is 1.50 bits per heavy atom. The summed E-state index contributed by atoms with van der Waals surface area (Å²) in [4.78, 5) is 6.42. The van der Waals surface area contributed by atoms with Gasteiger partial charge in [0.25, 0.3) is 0 Å². The van der Waals surface area contributed by atoms with Gasteiger partial charge in [-0.3, -0.25) is 4.98 Å². The van der Waals surface area contributed by atoms with Crippen molar-refractivity contribution in [2.24, 2.45) is 5.73 Å². The Bertz CT molecular complexity index is 280. The highest BCUT2D eigenvalue weighted by atomic mass is 15.2. The van der Waals surface area contributed by atoms with Gasteiger partial charge in [-0.2, -0.15) is 0 Å². The Morgan fingerprint density at radius 3 is 2.64 bits per heavy atom. The van der Waals surface area contributed by atoms with Crippen LogP contribution in [0.1, 0.15) is 19.8 Å². The molecule has 2 rings (SSSR count). The molecular formula is C11H17N3. The number of nitrogens with zero attached hydrogens (tertiary/aromatic N) is 2. The molecule has 3 heteroatoms. The molecule has 14 heavy (non-hydrogen) atoms. The van der Waals surface area contributed by atoms with E-state index in [9.17, 15) is 0 Å². The van der Waals surface area contributed by atoms with Crippen LogP contribution in [0.15, 0.2) is 24.5 Å². The van der Waals surface area contributed by atoms with Gasteiger partial charge >= 0.3 is 0 Å². The molecule has 1 unspecified atom stereocenters. The van der Waals surface area contributed by atoms with Crippen molar-refractivity contribution in [3.63, 3.8) is 0 Å². The number of pyridine rings is 1. The number of hydrogen-bond acceptors (Lipinski definition) is 3. The molecule has 1 atom stereocenters. The van der Waals surface area contributed by atoms with Crippen LogP contribution in [0.25, 0.3) is 0 Å². The Kier molecular flexibility index (Phi) is 2.68. The number of anilines is 1. The number of rotatable bonds is 4. The lowest BCUT2D eigenvalue weighted by atomic mass is 10.2. The summed E-state index contributed by atoms with van der Waals surface area (Å²) in [5, 5.41) is 0. The molecule has 1 aliphatic carbocycles. The van der Waals surface area contributed by atoms with Gasteiger partial charge in [-0.25, -0.2) is 0 Å². The smallest absolute Gasteiger partial charge is 0.0400 e. The number of aromatic nitrogens is 1. The SMILES string of the molecule is CC(N)CN(c1ccncc1)C1CC1. The van der Waals surface area contributed by atoms with Crippen molar-refractivity contribution in [2.75, 3.05) is 11.4 Å². The van der Waals surface area contributed by atoms with Crippen LogP contribution in [0.3, 0.4) is 0 Å². The molecule has 1 heterocycles. The molecule has 2 N–H and O–H groups in total. The highest BCUT2D eigenvalue weighted by Gasteiger charge is 2.29. The fourth-order valence-corrected chi connectivity index (χ4v) is 1.70. The van der Waals surface area contributed by atoms with Crippen LogP contribution in [-0.2, 0) is 0 Å². The van der Waals surface area contributed by atoms with Gasteiger partial charge in [0.2, 0.25) is 0 Å². The van der Waals surface area contributed by atoms with Crippen molar-refractivity contribution >= 4 is 5.69 Å². The van der Waals surface area contributed by atoms with E-state index in [2.05, 4.69) is 28.9 Å². The molecule has 1 saturated carbocycles. The summed E-state index contributed by atoms with van der Waals surface area (Å²) in [6, 6.07) is 5.05. The standard InChI is InChI=1S/C11H17N3/c1-9(12)8-14(10-2-3-10)11-4-6-13-7-5-11/h4-7,9-10H,2-3,8,12H2,1H3. The maximum Gasteiger partial charge on any atom is 0.0400 e. The van der Waals surface area contributed by atoms with Gasteiger partial charge < -0.3 is 10.6 Å². The topological polar surface area (TPSA) is 42.1 Å². The molecule has 0 amide bonds. The average molecular weight is 191 g/mol. The molecule has 3 nitrogen and oxygen atoms in total. The maximum absolute atomic E-state index is 5.84. The third-order valence-corrected chi connectivity index (χ3v) is 2.47. The second kappa shape index (κ2) is 3.96. The zero-order chi connectivity index (χ0) is 9.97. The first-order chi connectivity index (χ1) is 6.77. The van der Waals surface area contributed by atoms with Gasteiger partial charge in [-0.15, -0.1) is 0 Å². The first-order valence-corrected chi connectivity index (χ1v) is 5.19. The average Bonchev–Trinajstić information content (AvgIpc) is 2.99. The summed E-state index contributed by atoms with van der Waals surface area (Å²) in [6.45, 7) is 2.99. The van der Waals surface area contributed by atoms with Crippen LogP contribution in [0, 0.1) is 0 Å². The van der Waals surface area contributed by atoms with Crippen LogP contribution in [0.2, 0.25) is 0 Å². The van der Waals surface area contributed by atoms with E-state index >= 15 is 0 Å². The largest absolute Gasteiger partial charge is 0.367 e. The van der Waals surface area contributed by atoms with Crippen LogP contribution in [0.5, 0.6) is 0 Å². The van der Waals surface area contributed by atoms with Gasteiger partial charge in [-0.05, 0) is 31.9 Å². The number of hydrogen-bond donors (Lipinski definition) is 1. The molecule has 1 aromatic rings. The van der Waals surface area contributed by atoms with E-state index in [1.807, 2.05) is 12.4 Å². The minimum Gasteiger partial charge on any atom is -0.367 e. The van der Waals surface area contributed by atoms with Crippen molar-refractivity contribution in [1.29, 1.82) is 0 Å². The Morgan fingerprint density at radius 2 is 2.14 bits per heavy atom. The molecule has 0 spiro atoms. The van der Waals surface area contributed by atoms with Crippen LogP contribution < -0.4 is 10.6 Å². The van der Waals surface area contributed by atoms with Gasteiger partial charge in [0.1, 0.15) is 0 Å². The summed E-state index contributed by atoms with van der Waals surface area (Å²) in [5.74, 6) is 0. The van der Waals surface area contributed by atoms with Gasteiger partial charge in [0.05, 0.1) is 0 Å². The second-order valence-corrected chi connectivity index (χ2v) is 4.07. The van der Waals surface area contributed by atoms with E-state index in [4.69, 9.17) is 5.73 Å². The highest BCUT2D eigenvalue weighted by molar-refractivity contribution is 5.47. The zero-order valence-corrected chi connectivity index (χ0v) is 8.56. The van der Waals surface area contributed by atoms with Gasteiger partial charge in [0.15, 0.2) is 0 Å². The summed E-state index contributed by atoms with van der Waals surface area (Å²) in [5.41, 5.74) is 7.09. The molecule has 0 radical (unpaired) electrons. The number of nitrogens with two attached hydrogens (primary N) is 1. The summed E-state index contributed by atoms with van der Waals surface area (Å²) < 4.78 is 0. The molecule has 0 aromatic carbocycles. The highest BCUT2D eigenvalue weighted by Crippen LogP contribution is 2.31. The van der Waals surface area contributed by atoms with Crippen LogP contribution in [-0.4, -0.2) is 23.6 Å². The lowest BCUT2D eigenvalue weighted by Crippen LogP contribution is -2.37. The van der Waals surface area contributed by atoms with E-state index in [1.165, 1.54) is 18.5 Å². The van der Waals surface area contributed by atoms with E-state index in [0.717, 1.165) is 6.54 Å². The van der Waals surface area contributed by atoms with Gasteiger partial charge in [-0.1, -0.05) is 0 Å². The fourth-order valence-electron chi connectivity index (χ4n) is 1.70. The van der Waals surface area contributed by atoms with Gasteiger partial charge in [0, 0.05) is 36.7 Å². The monoisotopic (exact) mass is 191 g/mol. The molecule has 0 saturated heterocycles. The molecule has 1 fully saturated rings. The Labute approximate surface area is 84.9 Å². The Balaban J connectivity index is 2.10. The molecule has 1 aromatic heterocycles.